The molecule has 78 valence electrons. The first-order chi connectivity index (χ1) is 6.38. The number of allylic oxidation sites excluding steroid dienone is 6. The fraction of sp³-hybridized carbons (Fsp3) is 0.571. The normalized spacial score (nSPS) is 25.4. The minimum atomic E-state index is 0.400. The molecule has 0 nitrogen and oxygen atoms in total. The number of rotatable bonds is 1. The molecule has 1 aliphatic rings. The summed E-state index contributed by atoms with van der Waals surface area (Å²) in [4.78, 5) is 0. The molecule has 14 heavy (non-hydrogen) atoms. The predicted molar refractivity (Wildman–Crippen MR) is 64.2 cm³/mol. The van der Waals surface area contributed by atoms with Gasteiger partial charge in [0.25, 0.3) is 0 Å². The van der Waals surface area contributed by atoms with Crippen molar-refractivity contribution in [2.75, 3.05) is 0 Å². The average Bonchev–Trinajstić information content (AvgIpc) is 2.00. The lowest BCUT2D eigenvalue weighted by Crippen LogP contribution is -2.05. The maximum Gasteiger partial charge on any atom is -0.000788 e. The van der Waals surface area contributed by atoms with Gasteiger partial charge in [-0.1, -0.05) is 57.6 Å². The minimum absolute atomic E-state index is 0.400. The molecule has 0 aliphatic heterocycles. The van der Waals surface area contributed by atoms with Gasteiger partial charge in [-0.25, -0.2) is 0 Å². The van der Waals surface area contributed by atoms with E-state index in [9.17, 15) is 0 Å². The van der Waals surface area contributed by atoms with Crippen LogP contribution in [0.1, 0.15) is 41.0 Å². The van der Waals surface area contributed by atoms with Crippen LogP contribution in [0.15, 0.2) is 35.5 Å². The highest BCUT2D eigenvalue weighted by Gasteiger charge is 2.11. The fourth-order valence-electron chi connectivity index (χ4n) is 1.60. The highest BCUT2D eigenvalue weighted by atomic mass is 14.2. The zero-order chi connectivity index (χ0) is 10.8. The molecule has 1 aliphatic carbocycles. The summed E-state index contributed by atoms with van der Waals surface area (Å²) in [5.41, 5.74) is 3.24. The first-order valence-electron chi connectivity index (χ1n) is 5.45. The third kappa shape index (κ3) is 3.53. The van der Waals surface area contributed by atoms with Crippen LogP contribution in [-0.2, 0) is 0 Å². The molecule has 1 atom stereocenters. The van der Waals surface area contributed by atoms with Gasteiger partial charge >= 0.3 is 0 Å². The molecule has 0 heteroatoms. The molecule has 0 radical (unpaired) electrons. The SMILES string of the molecule is CC1=CC(C)/C(=C\CC(C)(C)C)C=C1. The van der Waals surface area contributed by atoms with E-state index in [1.807, 2.05) is 0 Å². The van der Waals surface area contributed by atoms with Crippen LogP contribution in [0.3, 0.4) is 0 Å². The summed E-state index contributed by atoms with van der Waals surface area (Å²) in [7, 11) is 0. The molecule has 0 saturated carbocycles. The van der Waals surface area contributed by atoms with Crippen molar-refractivity contribution in [1.82, 2.24) is 0 Å². The Balaban J connectivity index is 2.68. The summed E-state index contributed by atoms with van der Waals surface area (Å²) in [5.74, 6) is 0.586. The number of hydrogen-bond acceptors (Lipinski definition) is 0. The van der Waals surface area contributed by atoms with E-state index in [0.29, 0.717) is 11.3 Å². The summed E-state index contributed by atoms with van der Waals surface area (Å²) in [5, 5.41) is 0. The Labute approximate surface area is 88.4 Å². The fourth-order valence-corrected chi connectivity index (χ4v) is 1.60. The topological polar surface area (TPSA) is 0 Å². The van der Waals surface area contributed by atoms with E-state index in [0.717, 1.165) is 6.42 Å². The quantitative estimate of drug-likeness (QED) is 0.571. The number of hydrogen-bond donors (Lipinski definition) is 0. The second-order valence-electron chi connectivity index (χ2n) is 5.50. The maximum absolute atomic E-state index is 2.38. The van der Waals surface area contributed by atoms with Crippen LogP contribution in [0.2, 0.25) is 0 Å². The van der Waals surface area contributed by atoms with Gasteiger partial charge in [-0.2, -0.15) is 0 Å². The first kappa shape index (κ1) is 11.3. The molecule has 0 spiro atoms. The molecule has 1 unspecified atom stereocenters. The van der Waals surface area contributed by atoms with E-state index in [2.05, 4.69) is 58.9 Å². The lowest BCUT2D eigenvalue weighted by atomic mass is 9.87. The highest BCUT2D eigenvalue weighted by Crippen LogP contribution is 2.26. The van der Waals surface area contributed by atoms with Gasteiger partial charge in [0.2, 0.25) is 0 Å². The summed E-state index contributed by atoms with van der Waals surface area (Å²) in [6.45, 7) is 11.3. The van der Waals surface area contributed by atoms with Crippen LogP contribution >= 0.6 is 0 Å². The minimum Gasteiger partial charge on any atom is -0.0802 e. The third-order valence-corrected chi connectivity index (χ3v) is 2.53. The van der Waals surface area contributed by atoms with Crippen molar-refractivity contribution in [3.8, 4) is 0 Å². The van der Waals surface area contributed by atoms with Gasteiger partial charge in [0.1, 0.15) is 0 Å². The Kier molecular flexibility index (Phi) is 3.36. The van der Waals surface area contributed by atoms with Crippen molar-refractivity contribution in [3.05, 3.63) is 35.5 Å². The van der Waals surface area contributed by atoms with Gasteiger partial charge in [-0.3, -0.25) is 0 Å². The second kappa shape index (κ2) is 4.16. The van der Waals surface area contributed by atoms with Gasteiger partial charge < -0.3 is 0 Å². The molecule has 0 aromatic rings. The summed E-state index contributed by atoms with van der Waals surface area (Å²) in [6.07, 6.45) is 10.3. The van der Waals surface area contributed by atoms with Crippen LogP contribution in [0.25, 0.3) is 0 Å². The van der Waals surface area contributed by atoms with Gasteiger partial charge in [-0.15, -0.1) is 0 Å². The largest absolute Gasteiger partial charge is 0.0802 e. The Morgan fingerprint density at radius 2 is 1.93 bits per heavy atom. The Morgan fingerprint density at radius 3 is 2.43 bits per heavy atom. The molecule has 0 heterocycles. The average molecular weight is 190 g/mol. The molecule has 1 rings (SSSR count). The summed E-state index contributed by atoms with van der Waals surface area (Å²) in [6, 6.07) is 0. The van der Waals surface area contributed by atoms with Crippen LogP contribution < -0.4 is 0 Å². The van der Waals surface area contributed by atoms with Crippen molar-refractivity contribution in [2.24, 2.45) is 11.3 Å². The van der Waals surface area contributed by atoms with Crippen LogP contribution in [0, 0.1) is 11.3 Å². The molecule has 0 amide bonds. The molecule has 0 bridgehead atoms. The zero-order valence-electron chi connectivity index (χ0n) is 10.1. The molecule has 0 N–H and O–H groups in total. The van der Waals surface area contributed by atoms with Crippen molar-refractivity contribution in [3.63, 3.8) is 0 Å². The molecular formula is C14H22. The van der Waals surface area contributed by atoms with E-state index < -0.39 is 0 Å². The van der Waals surface area contributed by atoms with Crippen LogP contribution in [-0.4, -0.2) is 0 Å². The van der Waals surface area contributed by atoms with Crippen LogP contribution in [0.4, 0.5) is 0 Å². The van der Waals surface area contributed by atoms with Crippen molar-refractivity contribution < 1.29 is 0 Å². The first-order valence-corrected chi connectivity index (χ1v) is 5.45. The molecule has 0 aromatic heterocycles. The van der Waals surface area contributed by atoms with E-state index in [-0.39, 0.29) is 0 Å². The van der Waals surface area contributed by atoms with Crippen LogP contribution in [0.5, 0.6) is 0 Å². The van der Waals surface area contributed by atoms with Crippen molar-refractivity contribution >= 4 is 0 Å². The standard InChI is InChI=1S/C14H22/c1-11-6-7-13(12(2)10-11)8-9-14(3,4)5/h6-8,10,12H,9H2,1-5H3/b13-8-. The van der Waals surface area contributed by atoms with E-state index >= 15 is 0 Å². The van der Waals surface area contributed by atoms with Crippen molar-refractivity contribution in [1.29, 1.82) is 0 Å². The molecule has 0 aromatic carbocycles. The van der Waals surface area contributed by atoms with Crippen molar-refractivity contribution in [2.45, 2.75) is 41.0 Å². The van der Waals surface area contributed by atoms with Gasteiger partial charge in [-0.05, 0) is 30.3 Å². The lowest BCUT2D eigenvalue weighted by molar-refractivity contribution is 0.419. The Bertz CT molecular complexity index is 282. The maximum atomic E-state index is 2.38. The Morgan fingerprint density at radius 1 is 1.29 bits per heavy atom. The summed E-state index contributed by atoms with van der Waals surface area (Å²) < 4.78 is 0. The van der Waals surface area contributed by atoms with E-state index in [4.69, 9.17) is 0 Å². The monoisotopic (exact) mass is 190 g/mol. The lowest BCUT2D eigenvalue weighted by Gasteiger charge is -2.19. The zero-order valence-corrected chi connectivity index (χ0v) is 10.1. The van der Waals surface area contributed by atoms with Gasteiger partial charge in [0.05, 0.1) is 0 Å². The van der Waals surface area contributed by atoms with E-state index in [1.54, 1.807) is 0 Å². The second-order valence-corrected chi connectivity index (χ2v) is 5.50. The van der Waals surface area contributed by atoms with E-state index in [1.165, 1.54) is 11.1 Å². The predicted octanol–water partition coefficient (Wildman–Crippen LogP) is 4.50. The molecule has 0 fully saturated rings. The van der Waals surface area contributed by atoms with Gasteiger partial charge in [0.15, 0.2) is 0 Å². The Hall–Kier alpha value is -0.780. The smallest absolute Gasteiger partial charge is 0.000788 e. The third-order valence-electron chi connectivity index (χ3n) is 2.53. The molecule has 0 saturated heterocycles. The van der Waals surface area contributed by atoms with Gasteiger partial charge in [0, 0.05) is 0 Å². The molecular weight excluding hydrogens is 168 g/mol. The summed E-state index contributed by atoms with van der Waals surface area (Å²) >= 11 is 0. The highest BCUT2D eigenvalue weighted by molar-refractivity contribution is 5.36.